The van der Waals surface area contributed by atoms with Crippen LogP contribution in [-0.4, -0.2) is 44.4 Å². The summed E-state index contributed by atoms with van der Waals surface area (Å²) in [6.45, 7) is 4.59. The van der Waals surface area contributed by atoms with Crippen molar-refractivity contribution in [3.05, 3.63) is 28.2 Å². The van der Waals surface area contributed by atoms with Crippen LogP contribution in [0.15, 0.2) is 22.7 Å². The minimum Gasteiger partial charge on any atom is -0.489 e. The smallest absolute Gasteiger partial charge is 0.337 e. The largest absolute Gasteiger partial charge is 0.489 e. The fourth-order valence-electron chi connectivity index (χ4n) is 3.67. The lowest BCUT2D eigenvalue weighted by molar-refractivity contribution is 0.0600. The summed E-state index contributed by atoms with van der Waals surface area (Å²) in [5, 5.41) is 7.19. The van der Waals surface area contributed by atoms with Gasteiger partial charge in [0.1, 0.15) is 11.9 Å². The van der Waals surface area contributed by atoms with Crippen molar-refractivity contribution in [3.63, 3.8) is 0 Å². The number of piperidine rings is 1. The van der Waals surface area contributed by atoms with Gasteiger partial charge in [-0.2, -0.15) is 0 Å². The number of esters is 1. The van der Waals surface area contributed by atoms with Crippen LogP contribution in [0, 0.1) is 5.92 Å². The van der Waals surface area contributed by atoms with Gasteiger partial charge >= 0.3 is 5.97 Å². The maximum absolute atomic E-state index is 11.5. The first-order chi connectivity index (χ1) is 12.1. The molecule has 138 valence electrons. The lowest BCUT2D eigenvalue weighted by atomic mass is 9.85. The molecule has 1 aliphatic carbocycles. The zero-order valence-electron chi connectivity index (χ0n) is 14.9. The van der Waals surface area contributed by atoms with Gasteiger partial charge < -0.3 is 20.1 Å². The SMILES string of the molecule is COC(=O)c1ccc(OC2CC(NC(C)C3CCNCC3)C2)c(Br)c1. The van der Waals surface area contributed by atoms with Crippen LogP contribution in [0.1, 0.15) is 43.0 Å². The van der Waals surface area contributed by atoms with Crippen LogP contribution >= 0.6 is 15.9 Å². The van der Waals surface area contributed by atoms with Crippen molar-refractivity contribution in [2.45, 2.75) is 50.8 Å². The molecule has 1 saturated carbocycles. The number of hydrogen-bond acceptors (Lipinski definition) is 5. The molecular formula is C19H27BrN2O3. The Balaban J connectivity index is 1.45. The highest BCUT2D eigenvalue weighted by molar-refractivity contribution is 9.10. The summed E-state index contributed by atoms with van der Waals surface area (Å²) >= 11 is 3.48. The quantitative estimate of drug-likeness (QED) is 0.705. The standard InChI is InChI=1S/C19H27BrN2O3/c1-12(13-5-7-21-8-6-13)22-15-10-16(11-15)25-18-4-3-14(9-17(18)20)19(23)24-2/h3-4,9,12-13,15-16,21-22H,5-8,10-11H2,1-2H3. The van der Waals surface area contributed by atoms with E-state index in [1.807, 2.05) is 6.07 Å². The van der Waals surface area contributed by atoms with Crippen molar-refractivity contribution in [2.75, 3.05) is 20.2 Å². The molecule has 2 fully saturated rings. The van der Waals surface area contributed by atoms with E-state index in [9.17, 15) is 4.79 Å². The molecule has 0 aromatic heterocycles. The zero-order chi connectivity index (χ0) is 17.8. The highest BCUT2D eigenvalue weighted by Crippen LogP contribution is 2.32. The topological polar surface area (TPSA) is 59.6 Å². The van der Waals surface area contributed by atoms with Crippen molar-refractivity contribution in [1.82, 2.24) is 10.6 Å². The summed E-state index contributed by atoms with van der Waals surface area (Å²) in [6.07, 6.45) is 4.82. The lowest BCUT2D eigenvalue weighted by Crippen LogP contribution is -2.52. The lowest BCUT2D eigenvalue weighted by Gasteiger charge is -2.40. The van der Waals surface area contributed by atoms with E-state index in [4.69, 9.17) is 9.47 Å². The van der Waals surface area contributed by atoms with Crippen LogP contribution in [0.25, 0.3) is 0 Å². The number of halogens is 1. The second-order valence-electron chi connectivity index (χ2n) is 7.09. The van der Waals surface area contributed by atoms with Crippen molar-refractivity contribution in [2.24, 2.45) is 5.92 Å². The molecule has 2 aliphatic rings. The molecule has 0 amide bonds. The van der Waals surface area contributed by atoms with Gasteiger partial charge in [0.25, 0.3) is 0 Å². The van der Waals surface area contributed by atoms with Gasteiger partial charge in [-0.25, -0.2) is 4.79 Å². The van der Waals surface area contributed by atoms with Crippen LogP contribution in [-0.2, 0) is 4.74 Å². The number of nitrogens with one attached hydrogen (secondary N) is 2. The summed E-state index contributed by atoms with van der Waals surface area (Å²) in [5.41, 5.74) is 0.519. The van der Waals surface area contributed by atoms with Gasteiger partial charge in [-0.3, -0.25) is 0 Å². The highest BCUT2D eigenvalue weighted by atomic mass is 79.9. The van der Waals surface area contributed by atoms with Crippen molar-refractivity contribution in [1.29, 1.82) is 0 Å². The molecule has 2 N–H and O–H groups in total. The van der Waals surface area contributed by atoms with Gasteiger partial charge in [-0.15, -0.1) is 0 Å². The number of carbonyl (C=O) groups excluding carboxylic acids is 1. The maximum atomic E-state index is 11.5. The second kappa shape index (κ2) is 8.52. The minimum absolute atomic E-state index is 0.234. The summed E-state index contributed by atoms with van der Waals surface area (Å²) in [5.74, 6) is 1.22. The third kappa shape index (κ3) is 4.74. The first-order valence-electron chi connectivity index (χ1n) is 9.08. The van der Waals surface area contributed by atoms with Crippen LogP contribution in [0.5, 0.6) is 5.75 Å². The Bertz CT molecular complexity index is 598. The van der Waals surface area contributed by atoms with Crippen LogP contribution < -0.4 is 15.4 Å². The molecule has 0 bridgehead atoms. The molecule has 1 saturated heterocycles. The van der Waals surface area contributed by atoms with E-state index in [2.05, 4.69) is 33.5 Å². The van der Waals surface area contributed by atoms with E-state index in [0.29, 0.717) is 17.6 Å². The molecule has 6 heteroatoms. The Morgan fingerprint density at radius 3 is 2.68 bits per heavy atom. The van der Waals surface area contributed by atoms with Gasteiger partial charge in [-0.1, -0.05) is 0 Å². The number of hydrogen-bond donors (Lipinski definition) is 2. The molecule has 25 heavy (non-hydrogen) atoms. The average Bonchev–Trinajstić information content (AvgIpc) is 2.61. The summed E-state index contributed by atoms with van der Waals surface area (Å²) in [4.78, 5) is 11.5. The fraction of sp³-hybridized carbons (Fsp3) is 0.632. The predicted molar refractivity (Wildman–Crippen MR) is 101 cm³/mol. The van der Waals surface area contributed by atoms with E-state index < -0.39 is 0 Å². The monoisotopic (exact) mass is 410 g/mol. The van der Waals surface area contributed by atoms with Crippen LogP contribution in [0.2, 0.25) is 0 Å². The van der Waals surface area contributed by atoms with E-state index in [1.54, 1.807) is 12.1 Å². The Morgan fingerprint density at radius 1 is 1.32 bits per heavy atom. The number of ether oxygens (including phenoxy) is 2. The van der Waals surface area contributed by atoms with E-state index in [-0.39, 0.29) is 12.1 Å². The van der Waals surface area contributed by atoms with Gasteiger partial charge in [0.15, 0.2) is 0 Å². The van der Waals surface area contributed by atoms with Crippen molar-refractivity contribution in [3.8, 4) is 5.75 Å². The molecule has 5 nitrogen and oxygen atoms in total. The summed E-state index contributed by atoms with van der Waals surface area (Å²) in [7, 11) is 1.38. The molecular weight excluding hydrogens is 384 g/mol. The Hall–Kier alpha value is -1.11. The first-order valence-corrected chi connectivity index (χ1v) is 9.87. The molecule has 1 unspecified atom stereocenters. The zero-order valence-corrected chi connectivity index (χ0v) is 16.5. The molecule has 1 aromatic carbocycles. The Morgan fingerprint density at radius 2 is 2.04 bits per heavy atom. The van der Waals surface area contributed by atoms with Gasteiger partial charge in [0.2, 0.25) is 0 Å². The number of benzene rings is 1. The van der Waals surface area contributed by atoms with Crippen LogP contribution in [0.3, 0.4) is 0 Å². The fourth-order valence-corrected chi connectivity index (χ4v) is 4.14. The van der Waals surface area contributed by atoms with E-state index in [1.165, 1.54) is 20.0 Å². The third-order valence-electron chi connectivity index (χ3n) is 5.33. The van der Waals surface area contributed by atoms with Gasteiger partial charge in [0.05, 0.1) is 17.1 Å². The molecule has 0 radical (unpaired) electrons. The Kier molecular flexibility index (Phi) is 6.36. The summed E-state index contributed by atoms with van der Waals surface area (Å²) in [6, 6.07) is 6.42. The van der Waals surface area contributed by atoms with Crippen LogP contribution in [0.4, 0.5) is 0 Å². The third-order valence-corrected chi connectivity index (χ3v) is 5.95. The van der Waals surface area contributed by atoms with Gasteiger partial charge in [-0.05, 0) is 85.7 Å². The highest BCUT2D eigenvalue weighted by Gasteiger charge is 2.33. The first kappa shape index (κ1) is 18.7. The molecule has 0 spiro atoms. The number of carbonyl (C=O) groups is 1. The van der Waals surface area contributed by atoms with Crippen molar-refractivity contribution >= 4 is 21.9 Å². The average molecular weight is 411 g/mol. The molecule has 1 aliphatic heterocycles. The molecule has 1 heterocycles. The second-order valence-corrected chi connectivity index (χ2v) is 7.94. The van der Waals surface area contributed by atoms with E-state index in [0.717, 1.165) is 42.1 Å². The normalized spacial score (nSPS) is 25.1. The predicted octanol–water partition coefficient (Wildman–Crippen LogP) is 3.12. The molecule has 3 rings (SSSR count). The van der Waals surface area contributed by atoms with Crippen molar-refractivity contribution < 1.29 is 14.3 Å². The maximum Gasteiger partial charge on any atom is 0.337 e. The van der Waals surface area contributed by atoms with Gasteiger partial charge in [0, 0.05) is 12.1 Å². The Labute approximate surface area is 158 Å². The molecule has 1 aromatic rings. The minimum atomic E-state index is -0.341. The molecule has 1 atom stereocenters. The number of rotatable bonds is 6. The number of methoxy groups -OCH3 is 1. The summed E-state index contributed by atoms with van der Waals surface area (Å²) < 4.78 is 11.6. The van der Waals surface area contributed by atoms with E-state index >= 15 is 0 Å².